The molecule has 1 amide bonds. The number of aromatic nitrogens is 2. The Morgan fingerprint density at radius 1 is 1.21 bits per heavy atom. The maximum Gasteiger partial charge on any atom is 0.261 e. The van der Waals surface area contributed by atoms with E-state index in [4.69, 9.17) is 5.26 Å². The molecule has 0 unspecified atom stereocenters. The van der Waals surface area contributed by atoms with Gasteiger partial charge in [-0.1, -0.05) is 31.2 Å². The number of fused-ring (bicyclic) bond motifs is 1. The Hall–Kier alpha value is -3.46. The van der Waals surface area contributed by atoms with Crippen molar-refractivity contribution in [1.29, 1.82) is 5.26 Å². The molecule has 0 radical (unpaired) electrons. The largest absolute Gasteiger partial charge is 0.338 e. The van der Waals surface area contributed by atoms with E-state index in [2.05, 4.69) is 11.1 Å². The standard InChI is InChI=1S/C23H24N4O2/c1-3-12-26(15-19-9-7-18(14-24)8-10-19)21(28)11-13-27-16-25-22-17(2)5-4-6-20(22)23(27)29/h4-10,16H,3,11-13,15H2,1-2H3. The fourth-order valence-electron chi connectivity index (χ4n) is 3.34. The molecule has 1 heterocycles. The van der Waals surface area contributed by atoms with E-state index in [9.17, 15) is 9.59 Å². The SMILES string of the molecule is CCCN(Cc1ccc(C#N)cc1)C(=O)CCn1cnc2c(C)cccc2c1=O. The zero-order valence-electron chi connectivity index (χ0n) is 16.8. The van der Waals surface area contributed by atoms with Crippen LogP contribution in [0.2, 0.25) is 0 Å². The minimum atomic E-state index is -0.124. The highest BCUT2D eigenvalue weighted by Crippen LogP contribution is 2.12. The summed E-state index contributed by atoms with van der Waals surface area (Å²) in [6.07, 6.45) is 2.60. The molecule has 3 rings (SSSR count). The first kappa shape index (κ1) is 20.3. The summed E-state index contributed by atoms with van der Waals surface area (Å²) in [5, 5.41) is 9.49. The molecule has 6 nitrogen and oxygen atoms in total. The highest BCUT2D eigenvalue weighted by atomic mass is 16.2. The highest BCUT2D eigenvalue weighted by molar-refractivity contribution is 5.80. The number of nitriles is 1. The van der Waals surface area contributed by atoms with Crippen molar-refractivity contribution >= 4 is 16.8 Å². The lowest BCUT2D eigenvalue weighted by Gasteiger charge is -2.22. The molecule has 2 aromatic carbocycles. The zero-order valence-corrected chi connectivity index (χ0v) is 16.8. The van der Waals surface area contributed by atoms with Crippen molar-refractivity contribution in [2.75, 3.05) is 6.54 Å². The Morgan fingerprint density at radius 3 is 2.66 bits per heavy atom. The Bertz CT molecular complexity index is 1110. The summed E-state index contributed by atoms with van der Waals surface area (Å²) >= 11 is 0. The minimum Gasteiger partial charge on any atom is -0.338 e. The molecule has 3 aromatic rings. The van der Waals surface area contributed by atoms with Gasteiger partial charge in [-0.2, -0.15) is 5.26 Å². The number of amides is 1. The first-order chi connectivity index (χ1) is 14.0. The average Bonchev–Trinajstić information content (AvgIpc) is 2.74. The van der Waals surface area contributed by atoms with Crippen LogP contribution in [0.15, 0.2) is 53.6 Å². The molecule has 29 heavy (non-hydrogen) atoms. The Balaban J connectivity index is 1.71. The van der Waals surface area contributed by atoms with E-state index in [0.717, 1.165) is 17.5 Å². The summed E-state index contributed by atoms with van der Waals surface area (Å²) in [5.74, 6) is -0.00699. The molecule has 0 saturated carbocycles. The van der Waals surface area contributed by atoms with Crippen LogP contribution < -0.4 is 5.56 Å². The maximum atomic E-state index is 12.8. The summed E-state index contributed by atoms with van der Waals surface area (Å²) in [7, 11) is 0. The van der Waals surface area contributed by atoms with Crippen LogP contribution in [0.5, 0.6) is 0 Å². The molecule has 0 aliphatic carbocycles. The topological polar surface area (TPSA) is 79.0 Å². The predicted molar refractivity (Wildman–Crippen MR) is 112 cm³/mol. The van der Waals surface area contributed by atoms with Crippen LogP contribution >= 0.6 is 0 Å². The van der Waals surface area contributed by atoms with Gasteiger partial charge in [-0.05, 0) is 42.7 Å². The quantitative estimate of drug-likeness (QED) is 0.621. The van der Waals surface area contributed by atoms with Crippen LogP contribution in [0.1, 0.15) is 36.5 Å². The molecular weight excluding hydrogens is 364 g/mol. The molecule has 0 N–H and O–H groups in total. The van der Waals surface area contributed by atoms with Gasteiger partial charge in [0.25, 0.3) is 5.56 Å². The van der Waals surface area contributed by atoms with Crippen molar-refractivity contribution in [3.63, 3.8) is 0 Å². The number of hydrogen-bond donors (Lipinski definition) is 0. The summed E-state index contributed by atoms with van der Waals surface area (Å²) in [5.41, 5.74) is 3.11. The molecule has 0 atom stereocenters. The van der Waals surface area contributed by atoms with E-state index in [1.807, 2.05) is 38.1 Å². The van der Waals surface area contributed by atoms with Gasteiger partial charge in [0, 0.05) is 26.1 Å². The maximum absolute atomic E-state index is 12.8. The van der Waals surface area contributed by atoms with E-state index in [0.29, 0.717) is 36.1 Å². The van der Waals surface area contributed by atoms with Crippen molar-refractivity contribution in [2.45, 2.75) is 39.8 Å². The number of carbonyl (C=O) groups excluding carboxylic acids is 1. The van der Waals surface area contributed by atoms with Gasteiger partial charge in [0.15, 0.2) is 0 Å². The molecule has 0 saturated heterocycles. The van der Waals surface area contributed by atoms with Gasteiger partial charge in [0.1, 0.15) is 0 Å². The average molecular weight is 388 g/mol. The number of carbonyl (C=O) groups is 1. The van der Waals surface area contributed by atoms with E-state index < -0.39 is 0 Å². The van der Waals surface area contributed by atoms with E-state index >= 15 is 0 Å². The third-order valence-electron chi connectivity index (χ3n) is 4.92. The number of aryl methyl sites for hydroxylation is 2. The van der Waals surface area contributed by atoms with E-state index in [1.165, 1.54) is 10.9 Å². The second kappa shape index (κ2) is 9.16. The monoisotopic (exact) mass is 388 g/mol. The van der Waals surface area contributed by atoms with E-state index in [-0.39, 0.29) is 17.9 Å². The smallest absolute Gasteiger partial charge is 0.261 e. The first-order valence-corrected chi connectivity index (χ1v) is 9.75. The third kappa shape index (κ3) is 4.69. The molecule has 6 heteroatoms. The molecule has 0 bridgehead atoms. The van der Waals surface area contributed by atoms with Gasteiger partial charge < -0.3 is 4.90 Å². The Kier molecular flexibility index (Phi) is 6.40. The van der Waals surface area contributed by atoms with Gasteiger partial charge in [-0.15, -0.1) is 0 Å². The fraction of sp³-hybridized carbons (Fsp3) is 0.304. The van der Waals surface area contributed by atoms with Gasteiger partial charge in [0.05, 0.1) is 28.9 Å². The van der Waals surface area contributed by atoms with Crippen molar-refractivity contribution in [3.05, 3.63) is 75.8 Å². The number of benzene rings is 2. The van der Waals surface area contributed by atoms with Gasteiger partial charge >= 0.3 is 0 Å². The molecule has 0 spiro atoms. The van der Waals surface area contributed by atoms with E-state index in [1.54, 1.807) is 23.1 Å². The van der Waals surface area contributed by atoms with Crippen LogP contribution in [-0.2, 0) is 17.9 Å². The summed E-state index contributed by atoms with van der Waals surface area (Å²) < 4.78 is 1.51. The van der Waals surface area contributed by atoms with Crippen molar-refractivity contribution in [2.24, 2.45) is 0 Å². The van der Waals surface area contributed by atoms with Crippen molar-refractivity contribution in [3.8, 4) is 6.07 Å². The Morgan fingerprint density at radius 2 is 1.97 bits per heavy atom. The summed E-state index contributed by atoms with van der Waals surface area (Å²) in [6.45, 7) is 5.38. The van der Waals surface area contributed by atoms with Crippen LogP contribution in [0.3, 0.4) is 0 Å². The lowest BCUT2D eigenvalue weighted by atomic mass is 10.1. The summed E-state index contributed by atoms with van der Waals surface area (Å²) in [4.78, 5) is 31.7. The molecule has 0 aliphatic heterocycles. The highest BCUT2D eigenvalue weighted by Gasteiger charge is 2.14. The second-order valence-electron chi connectivity index (χ2n) is 7.09. The fourth-order valence-corrected chi connectivity index (χ4v) is 3.34. The number of nitrogens with zero attached hydrogens (tertiary/aromatic N) is 4. The van der Waals surface area contributed by atoms with Crippen LogP contribution in [0.4, 0.5) is 0 Å². The van der Waals surface area contributed by atoms with Gasteiger partial charge in [0.2, 0.25) is 5.91 Å². The lowest BCUT2D eigenvalue weighted by Crippen LogP contribution is -2.33. The van der Waals surface area contributed by atoms with Crippen LogP contribution in [0.25, 0.3) is 10.9 Å². The number of para-hydroxylation sites is 1. The van der Waals surface area contributed by atoms with Crippen molar-refractivity contribution in [1.82, 2.24) is 14.5 Å². The number of rotatable bonds is 7. The molecule has 0 aliphatic rings. The Labute approximate surface area is 170 Å². The second-order valence-corrected chi connectivity index (χ2v) is 7.09. The summed E-state index contributed by atoms with van der Waals surface area (Å²) in [6, 6.07) is 14.9. The lowest BCUT2D eigenvalue weighted by molar-refractivity contribution is -0.132. The number of hydrogen-bond acceptors (Lipinski definition) is 4. The first-order valence-electron chi connectivity index (χ1n) is 9.75. The van der Waals surface area contributed by atoms with Gasteiger partial charge in [-0.3, -0.25) is 14.2 Å². The molecule has 148 valence electrons. The normalized spacial score (nSPS) is 10.7. The van der Waals surface area contributed by atoms with Crippen molar-refractivity contribution < 1.29 is 4.79 Å². The molecule has 1 aromatic heterocycles. The minimum absolute atomic E-state index is 0.00699. The van der Waals surface area contributed by atoms with Crippen LogP contribution in [-0.4, -0.2) is 26.9 Å². The third-order valence-corrected chi connectivity index (χ3v) is 4.92. The predicted octanol–water partition coefficient (Wildman–Crippen LogP) is 3.41. The molecule has 0 fully saturated rings. The molecular formula is C23H24N4O2. The van der Waals surface area contributed by atoms with Crippen LogP contribution in [0, 0.1) is 18.3 Å². The zero-order chi connectivity index (χ0) is 20.8. The van der Waals surface area contributed by atoms with Gasteiger partial charge in [-0.25, -0.2) is 4.98 Å².